The van der Waals surface area contributed by atoms with E-state index in [1.165, 1.54) is 4.90 Å². The monoisotopic (exact) mass is 266 g/mol. The summed E-state index contributed by atoms with van der Waals surface area (Å²) >= 11 is 0. The van der Waals surface area contributed by atoms with Crippen LogP contribution in [0.3, 0.4) is 0 Å². The predicted molar refractivity (Wildman–Crippen MR) is 72.0 cm³/mol. The van der Waals surface area contributed by atoms with E-state index < -0.39 is 12.3 Å². The van der Waals surface area contributed by atoms with Crippen LogP contribution in [0.15, 0.2) is 24.3 Å². The quantitative estimate of drug-likeness (QED) is 0.871. The minimum atomic E-state index is -1.34. The molecule has 0 aromatic heterocycles. The number of hydrogen-bond donors (Lipinski definition) is 2. The largest absolute Gasteiger partial charge is 0.388 e. The Labute approximate surface area is 112 Å². The maximum atomic E-state index is 13.2. The van der Waals surface area contributed by atoms with E-state index in [0.717, 1.165) is 18.7 Å². The summed E-state index contributed by atoms with van der Waals surface area (Å²) in [7, 11) is 0. The molecule has 0 saturated carbocycles. The number of halogens is 1. The molecule has 0 unspecified atom stereocenters. The third-order valence-electron chi connectivity index (χ3n) is 3.22. The van der Waals surface area contributed by atoms with Crippen LogP contribution in [0.1, 0.15) is 23.7 Å². The molecule has 1 saturated heterocycles. The Bertz CT molecular complexity index is 426. The van der Waals surface area contributed by atoms with Gasteiger partial charge in [0.25, 0.3) is 5.91 Å². The van der Waals surface area contributed by atoms with Gasteiger partial charge in [0.05, 0.1) is 6.54 Å². The molecule has 2 N–H and O–H groups in total. The number of carbonyl (C=O) groups excluding carboxylic acids is 1. The zero-order valence-corrected chi connectivity index (χ0v) is 11.0. The van der Waals surface area contributed by atoms with Crippen molar-refractivity contribution in [3.8, 4) is 0 Å². The van der Waals surface area contributed by atoms with E-state index in [1.54, 1.807) is 12.1 Å². The fraction of sp³-hybridized carbons (Fsp3) is 0.500. The lowest BCUT2D eigenvalue weighted by molar-refractivity contribution is 0.0764. The Hall–Kier alpha value is -1.62. The van der Waals surface area contributed by atoms with E-state index in [2.05, 4.69) is 12.2 Å². The van der Waals surface area contributed by atoms with Crippen LogP contribution in [-0.4, -0.2) is 47.8 Å². The second-order valence-corrected chi connectivity index (χ2v) is 4.80. The first-order valence-electron chi connectivity index (χ1n) is 6.57. The van der Waals surface area contributed by atoms with Crippen molar-refractivity contribution in [3.05, 3.63) is 29.8 Å². The minimum absolute atomic E-state index is 0.0319. The van der Waals surface area contributed by atoms with Gasteiger partial charge in [-0.25, -0.2) is 4.39 Å². The van der Waals surface area contributed by atoms with E-state index in [9.17, 15) is 14.3 Å². The van der Waals surface area contributed by atoms with Crippen LogP contribution < -0.4 is 5.32 Å². The lowest BCUT2D eigenvalue weighted by atomic mass is 10.2. The minimum Gasteiger partial charge on any atom is -0.388 e. The molecule has 19 heavy (non-hydrogen) atoms. The highest BCUT2D eigenvalue weighted by Crippen LogP contribution is 2.18. The molecule has 0 radical (unpaired) electrons. The Morgan fingerprint density at radius 2 is 2.11 bits per heavy atom. The SMILES string of the molecule is CCCNc1ccc(C(=O)N2C[C@@H](O)[C@H](F)C2)cc1. The summed E-state index contributed by atoms with van der Waals surface area (Å²) in [5, 5.41) is 12.5. The number of β-amino-alcohol motifs (C(OH)–C–C–N with tert-alkyl or cyclic N) is 1. The number of amides is 1. The molecule has 5 heteroatoms. The number of aliphatic hydroxyl groups is 1. The van der Waals surface area contributed by atoms with Crippen molar-refractivity contribution in [2.24, 2.45) is 0 Å². The molecule has 1 heterocycles. The van der Waals surface area contributed by atoms with Crippen molar-refractivity contribution in [3.63, 3.8) is 0 Å². The topological polar surface area (TPSA) is 52.6 Å². The van der Waals surface area contributed by atoms with Gasteiger partial charge < -0.3 is 15.3 Å². The van der Waals surface area contributed by atoms with Crippen molar-refractivity contribution in [2.75, 3.05) is 25.0 Å². The molecule has 0 spiro atoms. The number of nitrogens with one attached hydrogen (secondary N) is 1. The van der Waals surface area contributed by atoms with Crippen LogP contribution in [0, 0.1) is 0 Å². The lowest BCUT2D eigenvalue weighted by Gasteiger charge is -2.15. The molecule has 1 aromatic carbocycles. The van der Waals surface area contributed by atoms with Crippen molar-refractivity contribution in [2.45, 2.75) is 25.6 Å². The number of aliphatic hydroxyl groups excluding tert-OH is 1. The van der Waals surface area contributed by atoms with Gasteiger partial charge in [0.2, 0.25) is 0 Å². The maximum Gasteiger partial charge on any atom is 0.254 e. The fourth-order valence-electron chi connectivity index (χ4n) is 2.10. The molecule has 0 aliphatic carbocycles. The van der Waals surface area contributed by atoms with Gasteiger partial charge in [-0.3, -0.25) is 4.79 Å². The first kappa shape index (κ1) is 13.8. The van der Waals surface area contributed by atoms with Crippen molar-refractivity contribution in [1.29, 1.82) is 0 Å². The Morgan fingerprint density at radius 3 is 2.63 bits per heavy atom. The van der Waals surface area contributed by atoms with Crippen LogP contribution in [0.25, 0.3) is 0 Å². The predicted octanol–water partition coefficient (Wildman–Crippen LogP) is 1.66. The van der Waals surface area contributed by atoms with Crippen molar-refractivity contribution in [1.82, 2.24) is 4.90 Å². The summed E-state index contributed by atoms with van der Waals surface area (Å²) in [5.41, 5.74) is 1.48. The zero-order valence-electron chi connectivity index (χ0n) is 11.0. The highest BCUT2D eigenvalue weighted by atomic mass is 19.1. The molecule has 1 fully saturated rings. The highest BCUT2D eigenvalue weighted by Gasteiger charge is 2.34. The number of benzene rings is 1. The molecule has 1 aliphatic heterocycles. The molecule has 2 atom stereocenters. The lowest BCUT2D eigenvalue weighted by Crippen LogP contribution is -2.29. The molecule has 0 bridgehead atoms. The third-order valence-corrected chi connectivity index (χ3v) is 3.22. The summed E-state index contributed by atoms with van der Waals surface area (Å²) in [6.07, 6.45) is -1.37. The van der Waals surface area contributed by atoms with Crippen molar-refractivity contribution >= 4 is 11.6 Å². The molecular weight excluding hydrogens is 247 g/mol. The van der Waals surface area contributed by atoms with Gasteiger partial charge in [0, 0.05) is 24.3 Å². The Kier molecular flexibility index (Phi) is 4.37. The van der Waals surface area contributed by atoms with E-state index in [1.807, 2.05) is 12.1 Å². The first-order valence-corrected chi connectivity index (χ1v) is 6.57. The molecule has 1 amide bonds. The van der Waals surface area contributed by atoms with Crippen LogP contribution in [0.4, 0.5) is 10.1 Å². The molecule has 2 rings (SSSR count). The molecular formula is C14H19FN2O2. The summed E-state index contributed by atoms with van der Waals surface area (Å²) in [5.74, 6) is -0.235. The van der Waals surface area contributed by atoms with E-state index >= 15 is 0 Å². The second kappa shape index (κ2) is 6.02. The highest BCUT2D eigenvalue weighted by molar-refractivity contribution is 5.94. The van der Waals surface area contributed by atoms with Crippen LogP contribution in [0.2, 0.25) is 0 Å². The number of anilines is 1. The summed E-state index contributed by atoms with van der Waals surface area (Å²) in [6, 6.07) is 7.11. The average molecular weight is 266 g/mol. The van der Waals surface area contributed by atoms with E-state index in [0.29, 0.717) is 5.56 Å². The van der Waals surface area contributed by atoms with Crippen molar-refractivity contribution < 1.29 is 14.3 Å². The van der Waals surface area contributed by atoms with Gasteiger partial charge in [-0.1, -0.05) is 6.92 Å². The maximum absolute atomic E-state index is 13.2. The number of rotatable bonds is 4. The normalized spacial score (nSPS) is 22.6. The first-order chi connectivity index (χ1) is 9.11. The van der Waals surface area contributed by atoms with Gasteiger partial charge >= 0.3 is 0 Å². The van der Waals surface area contributed by atoms with Gasteiger partial charge in [0.15, 0.2) is 0 Å². The number of nitrogens with zero attached hydrogens (tertiary/aromatic N) is 1. The second-order valence-electron chi connectivity index (χ2n) is 4.80. The van der Waals surface area contributed by atoms with E-state index in [-0.39, 0.29) is 19.0 Å². The average Bonchev–Trinajstić information content (AvgIpc) is 2.76. The van der Waals surface area contributed by atoms with Gasteiger partial charge in [-0.05, 0) is 30.7 Å². The number of likely N-dealkylation sites (tertiary alicyclic amines) is 1. The smallest absolute Gasteiger partial charge is 0.254 e. The fourth-order valence-corrected chi connectivity index (χ4v) is 2.10. The van der Waals surface area contributed by atoms with Crippen LogP contribution >= 0.6 is 0 Å². The Morgan fingerprint density at radius 1 is 1.42 bits per heavy atom. The molecule has 1 aliphatic rings. The van der Waals surface area contributed by atoms with Gasteiger partial charge in [-0.2, -0.15) is 0 Å². The summed E-state index contributed by atoms with van der Waals surface area (Å²) in [6.45, 7) is 3.00. The third kappa shape index (κ3) is 3.23. The Balaban J connectivity index is 2.00. The molecule has 4 nitrogen and oxygen atoms in total. The van der Waals surface area contributed by atoms with Gasteiger partial charge in [-0.15, -0.1) is 0 Å². The standard InChI is InChI=1S/C14H19FN2O2/c1-2-7-16-11-5-3-10(4-6-11)14(19)17-8-12(15)13(18)9-17/h3-6,12-13,16,18H,2,7-9H2,1H3/t12-,13-/m1/s1. The molecule has 1 aromatic rings. The number of carbonyl (C=O) groups is 1. The van der Waals surface area contributed by atoms with Gasteiger partial charge in [0.1, 0.15) is 12.3 Å². The van der Waals surface area contributed by atoms with E-state index in [4.69, 9.17) is 0 Å². The van der Waals surface area contributed by atoms with Crippen LogP contribution in [-0.2, 0) is 0 Å². The summed E-state index contributed by atoms with van der Waals surface area (Å²) in [4.78, 5) is 13.4. The zero-order chi connectivity index (χ0) is 13.8. The number of alkyl halides is 1. The molecule has 104 valence electrons. The summed E-state index contributed by atoms with van der Waals surface area (Å²) < 4.78 is 13.2. The van der Waals surface area contributed by atoms with Crippen LogP contribution in [0.5, 0.6) is 0 Å². The number of hydrogen-bond acceptors (Lipinski definition) is 3.